The van der Waals surface area contributed by atoms with Gasteiger partial charge in [-0.05, 0) is 14.0 Å². The summed E-state index contributed by atoms with van der Waals surface area (Å²) in [7, 11) is 1.67. The Morgan fingerprint density at radius 1 is 1.90 bits per heavy atom. The van der Waals surface area contributed by atoms with Gasteiger partial charge in [0, 0.05) is 0 Å². The SMILES string of the molecule is CCOC(=O)[C@@]1(NC)C=N1. The van der Waals surface area contributed by atoms with Gasteiger partial charge in [0.15, 0.2) is 0 Å². The molecule has 1 N–H and O–H groups in total. The summed E-state index contributed by atoms with van der Waals surface area (Å²) >= 11 is 0. The quantitative estimate of drug-likeness (QED) is 0.543. The van der Waals surface area contributed by atoms with Crippen molar-refractivity contribution in [3.05, 3.63) is 0 Å². The zero-order valence-corrected chi connectivity index (χ0v) is 6.05. The van der Waals surface area contributed by atoms with E-state index in [9.17, 15) is 4.79 Å². The summed E-state index contributed by atoms with van der Waals surface area (Å²) in [5, 5.41) is 2.74. The third kappa shape index (κ3) is 1.02. The summed E-state index contributed by atoms with van der Waals surface area (Å²) in [4.78, 5) is 14.7. The van der Waals surface area contributed by atoms with Gasteiger partial charge in [0.25, 0.3) is 0 Å². The molecular formula is C6H10N2O2. The highest BCUT2D eigenvalue weighted by Crippen LogP contribution is 2.17. The molecule has 0 aromatic rings. The Labute approximate surface area is 59.3 Å². The van der Waals surface area contributed by atoms with Crippen molar-refractivity contribution in [2.75, 3.05) is 13.7 Å². The fourth-order valence-electron chi connectivity index (χ4n) is 0.642. The number of carbonyl (C=O) groups is 1. The van der Waals surface area contributed by atoms with Crippen molar-refractivity contribution in [2.24, 2.45) is 4.99 Å². The monoisotopic (exact) mass is 142 g/mol. The molecule has 0 spiro atoms. The summed E-state index contributed by atoms with van der Waals surface area (Å²) in [5.74, 6) is -0.322. The number of rotatable bonds is 3. The van der Waals surface area contributed by atoms with Crippen molar-refractivity contribution in [2.45, 2.75) is 12.6 Å². The van der Waals surface area contributed by atoms with Crippen LogP contribution in [-0.2, 0) is 9.53 Å². The average molecular weight is 142 g/mol. The summed E-state index contributed by atoms with van der Waals surface area (Å²) in [5.41, 5.74) is -0.810. The lowest BCUT2D eigenvalue weighted by Gasteiger charge is -2.09. The molecule has 0 unspecified atom stereocenters. The Hall–Kier alpha value is -0.900. The highest BCUT2D eigenvalue weighted by atomic mass is 16.5. The first-order valence-electron chi connectivity index (χ1n) is 3.17. The topological polar surface area (TPSA) is 50.7 Å². The summed E-state index contributed by atoms with van der Waals surface area (Å²) < 4.78 is 4.73. The Kier molecular flexibility index (Phi) is 1.72. The smallest absolute Gasteiger partial charge is 0.354 e. The van der Waals surface area contributed by atoms with Crippen LogP contribution in [0.2, 0.25) is 0 Å². The van der Waals surface area contributed by atoms with Crippen molar-refractivity contribution in [3.8, 4) is 0 Å². The molecule has 0 aromatic carbocycles. The fraction of sp³-hybridized carbons (Fsp3) is 0.667. The summed E-state index contributed by atoms with van der Waals surface area (Å²) in [6.45, 7) is 2.16. The minimum atomic E-state index is -0.810. The van der Waals surface area contributed by atoms with Crippen LogP contribution in [0.5, 0.6) is 0 Å². The molecule has 0 fully saturated rings. The van der Waals surface area contributed by atoms with Crippen LogP contribution in [0.1, 0.15) is 6.92 Å². The van der Waals surface area contributed by atoms with Gasteiger partial charge < -0.3 is 4.74 Å². The highest BCUT2D eigenvalue weighted by molar-refractivity contribution is 6.08. The molecule has 1 atom stereocenters. The summed E-state index contributed by atoms with van der Waals surface area (Å²) in [6, 6.07) is 0. The van der Waals surface area contributed by atoms with Crippen LogP contribution < -0.4 is 5.32 Å². The number of hydrogen-bond donors (Lipinski definition) is 1. The second-order valence-electron chi connectivity index (χ2n) is 2.00. The number of hydrogen-bond acceptors (Lipinski definition) is 4. The van der Waals surface area contributed by atoms with Gasteiger partial charge in [-0.3, -0.25) is 10.3 Å². The molecule has 0 saturated carbocycles. The molecule has 1 heterocycles. The third-order valence-electron chi connectivity index (χ3n) is 1.36. The zero-order chi connectivity index (χ0) is 7.61. The standard InChI is InChI=1S/C6H10N2O2/c1-3-10-5(9)6(7-2)4-8-6/h4,7H,3H2,1-2H3/t6-/m1/s1. The van der Waals surface area contributed by atoms with E-state index in [1.54, 1.807) is 14.0 Å². The van der Waals surface area contributed by atoms with Gasteiger partial charge >= 0.3 is 5.97 Å². The minimum absolute atomic E-state index is 0.322. The molecule has 1 aliphatic heterocycles. The van der Waals surface area contributed by atoms with E-state index in [-0.39, 0.29) is 5.97 Å². The van der Waals surface area contributed by atoms with E-state index in [4.69, 9.17) is 4.74 Å². The fourth-order valence-corrected chi connectivity index (χ4v) is 0.642. The minimum Gasteiger partial charge on any atom is -0.463 e. The van der Waals surface area contributed by atoms with E-state index in [2.05, 4.69) is 10.3 Å². The largest absolute Gasteiger partial charge is 0.463 e. The van der Waals surface area contributed by atoms with Gasteiger partial charge in [-0.2, -0.15) is 0 Å². The van der Waals surface area contributed by atoms with E-state index in [1.807, 2.05) is 0 Å². The zero-order valence-electron chi connectivity index (χ0n) is 6.05. The second kappa shape index (κ2) is 2.38. The first kappa shape index (κ1) is 7.21. The molecule has 1 aliphatic rings. The molecule has 10 heavy (non-hydrogen) atoms. The third-order valence-corrected chi connectivity index (χ3v) is 1.36. The van der Waals surface area contributed by atoms with E-state index < -0.39 is 5.66 Å². The molecule has 4 nitrogen and oxygen atoms in total. The van der Waals surface area contributed by atoms with Gasteiger partial charge in [-0.15, -0.1) is 0 Å². The lowest BCUT2D eigenvalue weighted by atomic mass is 10.3. The van der Waals surface area contributed by atoms with Crippen molar-refractivity contribution >= 4 is 12.2 Å². The van der Waals surface area contributed by atoms with E-state index in [0.29, 0.717) is 6.61 Å². The molecule has 0 aromatic heterocycles. The predicted octanol–water partition coefficient (Wildman–Crippen LogP) is -0.450. The van der Waals surface area contributed by atoms with Crippen LogP contribution in [0.3, 0.4) is 0 Å². The molecule has 0 bridgehead atoms. The van der Waals surface area contributed by atoms with Crippen LogP contribution in [0.4, 0.5) is 0 Å². The number of esters is 1. The van der Waals surface area contributed by atoms with Crippen LogP contribution >= 0.6 is 0 Å². The molecule has 1 rings (SSSR count). The highest BCUT2D eigenvalue weighted by Gasteiger charge is 2.45. The van der Waals surface area contributed by atoms with E-state index in [0.717, 1.165) is 0 Å². The molecule has 56 valence electrons. The molecular weight excluding hydrogens is 132 g/mol. The van der Waals surface area contributed by atoms with E-state index >= 15 is 0 Å². The number of ether oxygens (including phenoxy) is 1. The maximum absolute atomic E-state index is 10.9. The first-order valence-corrected chi connectivity index (χ1v) is 3.17. The van der Waals surface area contributed by atoms with Crippen LogP contribution in [0.15, 0.2) is 4.99 Å². The molecule has 0 radical (unpaired) electrons. The average Bonchev–Trinajstić information content (AvgIpc) is 2.68. The molecule has 4 heteroatoms. The Morgan fingerprint density at radius 2 is 2.50 bits per heavy atom. The maximum Gasteiger partial charge on any atom is 0.354 e. The Morgan fingerprint density at radius 3 is 2.80 bits per heavy atom. The predicted molar refractivity (Wildman–Crippen MR) is 36.9 cm³/mol. The molecule has 0 aliphatic carbocycles. The van der Waals surface area contributed by atoms with Crippen molar-refractivity contribution in [3.63, 3.8) is 0 Å². The number of aliphatic imine (C=N–C) groups is 1. The van der Waals surface area contributed by atoms with Crippen molar-refractivity contribution < 1.29 is 9.53 Å². The van der Waals surface area contributed by atoms with Crippen molar-refractivity contribution in [1.82, 2.24) is 5.32 Å². The van der Waals surface area contributed by atoms with E-state index in [1.165, 1.54) is 6.21 Å². The maximum atomic E-state index is 10.9. The van der Waals surface area contributed by atoms with Gasteiger partial charge in [-0.25, -0.2) is 4.79 Å². The van der Waals surface area contributed by atoms with Gasteiger partial charge in [0.1, 0.15) is 0 Å². The second-order valence-corrected chi connectivity index (χ2v) is 2.00. The number of carbonyl (C=O) groups excluding carboxylic acids is 1. The first-order chi connectivity index (χ1) is 4.75. The Bertz CT molecular complexity index is 171. The van der Waals surface area contributed by atoms with Crippen LogP contribution in [-0.4, -0.2) is 31.5 Å². The van der Waals surface area contributed by atoms with Gasteiger partial charge in [0.2, 0.25) is 5.66 Å². The van der Waals surface area contributed by atoms with Gasteiger partial charge in [0.05, 0.1) is 12.8 Å². The lowest BCUT2D eigenvalue weighted by molar-refractivity contribution is -0.146. The lowest BCUT2D eigenvalue weighted by Crippen LogP contribution is -2.41. The number of nitrogens with zero attached hydrogens (tertiary/aromatic N) is 1. The van der Waals surface area contributed by atoms with Crippen LogP contribution in [0, 0.1) is 0 Å². The van der Waals surface area contributed by atoms with Crippen molar-refractivity contribution in [1.29, 1.82) is 0 Å². The summed E-state index contributed by atoms with van der Waals surface area (Å²) in [6.07, 6.45) is 1.53. The number of likely N-dealkylation sites (N-methyl/N-ethyl adjacent to an activating group) is 1. The molecule has 0 amide bonds. The number of nitrogens with one attached hydrogen (secondary N) is 1. The van der Waals surface area contributed by atoms with Gasteiger partial charge in [-0.1, -0.05) is 0 Å². The van der Waals surface area contributed by atoms with Crippen LogP contribution in [0.25, 0.3) is 0 Å². The normalized spacial score (nSPS) is 28.2. The Balaban J connectivity index is 2.41. The molecule has 0 saturated heterocycles.